The molecule has 2 fully saturated rings. The average Bonchev–Trinajstić information content (AvgIpc) is 3.23. The molecule has 110 valence electrons. The van der Waals surface area contributed by atoms with Crippen molar-refractivity contribution in [3.05, 3.63) is 34.3 Å². The number of rotatable bonds is 4. The average molecular weight is 337 g/mol. The minimum Gasteiger partial charge on any atom is -0.311 e. The fourth-order valence-electron chi connectivity index (χ4n) is 3.30. The van der Waals surface area contributed by atoms with Crippen molar-refractivity contribution in [2.45, 2.75) is 45.3 Å². The zero-order chi connectivity index (χ0) is 14.1. The molecule has 0 bridgehead atoms. The lowest BCUT2D eigenvalue weighted by atomic mass is 9.97. The second kappa shape index (κ2) is 6.17. The fraction of sp³-hybridized carbons (Fsp3) is 0.647. The molecule has 1 saturated carbocycles. The van der Waals surface area contributed by atoms with Crippen molar-refractivity contribution in [1.29, 1.82) is 0 Å². The Morgan fingerprint density at radius 1 is 1.35 bits per heavy atom. The van der Waals surface area contributed by atoms with Crippen molar-refractivity contribution in [2.24, 2.45) is 11.8 Å². The summed E-state index contributed by atoms with van der Waals surface area (Å²) in [7, 11) is 0. The van der Waals surface area contributed by atoms with Gasteiger partial charge in [0, 0.05) is 36.2 Å². The summed E-state index contributed by atoms with van der Waals surface area (Å²) in [5, 5.41) is 3.77. The van der Waals surface area contributed by atoms with Gasteiger partial charge in [0.05, 0.1) is 0 Å². The monoisotopic (exact) mass is 336 g/mol. The molecule has 20 heavy (non-hydrogen) atoms. The molecule has 1 aliphatic heterocycles. The maximum Gasteiger partial charge on any atom is 0.0253 e. The van der Waals surface area contributed by atoms with Crippen LogP contribution in [-0.2, 0) is 6.54 Å². The van der Waals surface area contributed by atoms with Gasteiger partial charge in [0.25, 0.3) is 0 Å². The van der Waals surface area contributed by atoms with Crippen molar-refractivity contribution in [3.8, 4) is 0 Å². The fourth-order valence-corrected chi connectivity index (χ4v) is 3.74. The second-order valence-electron chi connectivity index (χ2n) is 6.72. The highest BCUT2D eigenvalue weighted by molar-refractivity contribution is 9.10. The van der Waals surface area contributed by atoms with Gasteiger partial charge in [-0.2, -0.15) is 0 Å². The Kier molecular flexibility index (Phi) is 4.49. The first-order chi connectivity index (χ1) is 9.63. The first-order valence-electron chi connectivity index (χ1n) is 7.85. The van der Waals surface area contributed by atoms with Crippen molar-refractivity contribution < 1.29 is 0 Å². The standard InChI is InChI=1S/C17H25BrN2/c1-12(2)16-11-20(17(9-19-16)14-6-7-14)10-13-4-3-5-15(18)8-13/h3-5,8,12,14,16-17,19H,6-7,9-11H2,1-2H3. The molecular formula is C17H25BrN2. The molecule has 2 nitrogen and oxygen atoms in total. The van der Waals surface area contributed by atoms with E-state index in [-0.39, 0.29) is 0 Å². The Labute approximate surface area is 131 Å². The van der Waals surface area contributed by atoms with Gasteiger partial charge in [-0.3, -0.25) is 4.90 Å². The van der Waals surface area contributed by atoms with Crippen molar-refractivity contribution in [1.82, 2.24) is 10.2 Å². The molecule has 1 N–H and O–H groups in total. The number of nitrogens with zero attached hydrogens (tertiary/aromatic N) is 1. The predicted molar refractivity (Wildman–Crippen MR) is 87.7 cm³/mol. The van der Waals surface area contributed by atoms with E-state index in [0.29, 0.717) is 12.0 Å². The molecule has 2 aliphatic rings. The molecule has 3 rings (SSSR count). The van der Waals surface area contributed by atoms with Gasteiger partial charge in [0.1, 0.15) is 0 Å². The molecule has 1 saturated heterocycles. The highest BCUT2D eigenvalue weighted by Crippen LogP contribution is 2.37. The van der Waals surface area contributed by atoms with E-state index in [1.54, 1.807) is 0 Å². The Bertz CT molecular complexity index is 456. The summed E-state index contributed by atoms with van der Waals surface area (Å²) < 4.78 is 1.19. The summed E-state index contributed by atoms with van der Waals surface area (Å²) in [6, 6.07) is 10.1. The molecule has 0 spiro atoms. The summed E-state index contributed by atoms with van der Waals surface area (Å²) in [4.78, 5) is 2.72. The van der Waals surface area contributed by atoms with E-state index in [0.717, 1.165) is 18.5 Å². The van der Waals surface area contributed by atoms with Gasteiger partial charge >= 0.3 is 0 Å². The third-order valence-electron chi connectivity index (χ3n) is 4.73. The van der Waals surface area contributed by atoms with E-state index in [1.165, 1.54) is 36.0 Å². The SMILES string of the molecule is CC(C)C1CN(Cc2cccc(Br)c2)C(C2CC2)CN1. The Morgan fingerprint density at radius 2 is 2.15 bits per heavy atom. The Balaban J connectivity index is 1.72. The maximum absolute atomic E-state index is 3.77. The van der Waals surface area contributed by atoms with Crippen molar-refractivity contribution >= 4 is 15.9 Å². The van der Waals surface area contributed by atoms with Crippen molar-refractivity contribution in [2.75, 3.05) is 13.1 Å². The van der Waals surface area contributed by atoms with Crippen LogP contribution in [0.5, 0.6) is 0 Å². The number of piperazine rings is 1. The summed E-state index contributed by atoms with van der Waals surface area (Å²) in [6.07, 6.45) is 2.85. The molecular weight excluding hydrogens is 312 g/mol. The van der Waals surface area contributed by atoms with Crippen LogP contribution in [0.3, 0.4) is 0 Å². The molecule has 0 amide bonds. The number of nitrogens with one attached hydrogen (secondary N) is 1. The highest BCUT2D eigenvalue weighted by Gasteiger charge is 2.39. The zero-order valence-electron chi connectivity index (χ0n) is 12.5. The normalized spacial score (nSPS) is 28.0. The van der Waals surface area contributed by atoms with E-state index in [4.69, 9.17) is 0 Å². The smallest absolute Gasteiger partial charge is 0.0253 e. The van der Waals surface area contributed by atoms with Gasteiger partial charge in [0.15, 0.2) is 0 Å². The molecule has 2 atom stereocenters. The van der Waals surface area contributed by atoms with Crippen LogP contribution in [0, 0.1) is 11.8 Å². The molecule has 3 heteroatoms. The number of hydrogen-bond donors (Lipinski definition) is 1. The van der Waals surface area contributed by atoms with Crippen LogP contribution in [0.25, 0.3) is 0 Å². The third kappa shape index (κ3) is 3.44. The maximum atomic E-state index is 3.77. The summed E-state index contributed by atoms with van der Waals surface area (Å²) in [5.41, 5.74) is 1.43. The van der Waals surface area contributed by atoms with E-state index in [2.05, 4.69) is 64.3 Å². The summed E-state index contributed by atoms with van der Waals surface area (Å²) in [6.45, 7) is 8.09. The Morgan fingerprint density at radius 3 is 2.80 bits per heavy atom. The molecule has 0 radical (unpaired) electrons. The molecule has 1 aromatic carbocycles. The minimum absolute atomic E-state index is 0.636. The zero-order valence-corrected chi connectivity index (χ0v) is 14.1. The van der Waals surface area contributed by atoms with Crippen LogP contribution in [0.4, 0.5) is 0 Å². The third-order valence-corrected chi connectivity index (χ3v) is 5.23. The lowest BCUT2D eigenvalue weighted by molar-refractivity contribution is 0.0926. The summed E-state index contributed by atoms with van der Waals surface area (Å²) >= 11 is 3.59. The van der Waals surface area contributed by atoms with Crippen LogP contribution in [0.2, 0.25) is 0 Å². The van der Waals surface area contributed by atoms with E-state index in [1.807, 2.05) is 0 Å². The van der Waals surface area contributed by atoms with Gasteiger partial charge in [-0.05, 0) is 42.4 Å². The second-order valence-corrected chi connectivity index (χ2v) is 7.64. The summed E-state index contributed by atoms with van der Waals surface area (Å²) in [5.74, 6) is 1.64. The highest BCUT2D eigenvalue weighted by atomic mass is 79.9. The van der Waals surface area contributed by atoms with Crippen LogP contribution in [-0.4, -0.2) is 30.1 Å². The van der Waals surface area contributed by atoms with Gasteiger partial charge < -0.3 is 5.32 Å². The lowest BCUT2D eigenvalue weighted by Gasteiger charge is -2.42. The number of hydrogen-bond acceptors (Lipinski definition) is 2. The topological polar surface area (TPSA) is 15.3 Å². The van der Waals surface area contributed by atoms with Crippen LogP contribution in [0.15, 0.2) is 28.7 Å². The van der Waals surface area contributed by atoms with Crippen LogP contribution >= 0.6 is 15.9 Å². The first-order valence-corrected chi connectivity index (χ1v) is 8.64. The largest absolute Gasteiger partial charge is 0.311 e. The van der Waals surface area contributed by atoms with Crippen LogP contribution < -0.4 is 5.32 Å². The number of halogens is 1. The molecule has 1 aromatic rings. The van der Waals surface area contributed by atoms with Gasteiger partial charge in [-0.1, -0.05) is 41.9 Å². The molecule has 1 heterocycles. The Hall–Kier alpha value is -0.380. The van der Waals surface area contributed by atoms with E-state index < -0.39 is 0 Å². The minimum atomic E-state index is 0.636. The predicted octanol–water partition coefficient (Wildman–Crippen LogP) is 3.66. The lowest BCUT2D eigenvalue weighted by Crippen LogP contribution is -2.58. The van der Waals surface area contributed by atoms with E-state index in [9.17, 15) is 0 Å². The van der Waals surface area contributed by atoms with Crippen molar-refractivity contribution in [3.63, 3.8) is 0 Å². The van der Waals surface area contributed by atoms with Crippen LogP contribution in [0.1, 0.15) is 32.3 Å². The van der Waals surface area contributed by atoms with Gasteiger partial charge in [0.2, 0.25) is 0 Å². The molecule has 0 aromatic heterocycles. The molecule has 1 aliphatic carbocycles. The quantitative estimate of drug-likeness (QED) is 0.902. The van der Waals surface area contributed by atoms with E-state index >= 15 is 0 Å². The molecule has 2 unspecified atom stereocenters. The first kappa shape index (κ1) is 14.6. The van der Waals surface area contributed by atoms with Gasteiger partial charge in [-0.15, -0.1) is 0 Å². The number of benzene rings is 1. The van der Waals surface area contributed by atoms with Gasteiger partial charge in [-0.25, -0.2) is 0 Å².